The normalized spacial score (nSPS) is 21.5. The first kappa shape index (κ1) is 24.9. The van der Waals surface area contributed by atoms with Crippen LogP contribution in [0.1, 0.15) is 46.6 Å². The molecule has 1 aromatic carbocycles. The highest BCUT2D eigenvalue weighted by Gasteiger charge is 2.33. The van der Waals surface area contributed by atoms with Gasteiger partial charge in [-0.1, -0.05) is 4.40 Å². The number of hydrogen-bond donors (Lipinski definition) is 2. The summed E-state index contributed by atoms with van der Waals surface area (Å²) in [5, 5.41) is 20.9. The minimum atomic E-state index is -1.56. The molecule has 2 rings (SSSR count). The molecule has 0 radical (unpaired) electrons. The lowest BCUT2D eigenvalue weighted by Gasteiger charge is -2.21. The van der Waals surface area contributed by atoms with Crippen molar-refractivity contribution in [1.29, 1.82) is 0 Å². The average molecular weight is 444 g/mol. The molecule has 1 heterocycles. The zero-order valence-electron chi connectivity index (χ0n) is 18.5. The summed E-state index contributed by atoms with van der Waals surface area (Å²) in [6, 6.07) is 4.76. The molecule has 8 nitrogen and oxygen atoms in total. The van der Waals surface area contributed by atoms with E-state index in [0.29, 0.717) is 23.6 Å². The van der Waals surface area contributed by atoms with Gasteiger partial charge >= 0.3 is 0 Å². The summed E-state index contributed by atoms with van der Waals surface area (Å²) in [5.41, 5.74) is 0.725. The van der Waals surface area contributed by atoms with E-state index < -0.39 is 28.0 Å². The monoisotopic (exact) mass is 443 g/mol. The van der Waals surface area contributed by atoms with Crippen LogP contribution in [0.3, 0.4) is 0 Å². The van der Waals surface area contributed by atoms with Crippen molar-refractivity contribution in [2.45, 2.75) is 63.8 Å². The van der Waals surface area contributed by atoms with Crippen LogP contribution < -0.4 is 4.74 Å². The molecule has 1 saturated heterocycles. The zero-order valence-corrected chi connectivity index (χ0v) is 19.3. The van der Waals surface area contributed by atoms with E-state index in [4.69, 9.17) is 18.9 Å². The molecule has 3 atom stereocenters. The first-order valence-electron chi connectivity index (χ1n) is 9.86. The average Bonchev–Trinajstić information content (AvgIpc) is 2.99. The van der Waals surface area contributed by atoms with Crippen LogP contribution in [-0.2, 0) is 25.6 Å². The van der Waals surface area contributed by atoms with Crippen molar-refractivity contribution in [2.75, 3.05) is 26.9 Å². The summed E-state index contributed by atoms with van der Waals surface area (Å²) in [4.78, 5) is 0. The Labute approximate surface area is 181 Å². The van der Waals surface area contributed by atoms with Crippen molar-refractivity contribution < 1.29 is 33.7 Å². The highest BCUT2D eigenvalue weighted by Crippen LogP contribution is 2.28. The maximum Gasteiger partial charge on any atom is 0.163 e. The van der Waals surface area contributed by atoms with E-state index in [1.54, 1.807) is 12.1 Å². The summed E-state index contributed by atoms with van der Waals surface area (Å²) in [7, 11) is 1.50. The third kappa shape index (κ3) is 7.40. The van der Waals surface area contributed by atoms with Crippen molar-refractivity contribution in [3.63, 3.8) is 0 Å². The van der Waals surface area contributed by atoms with Gasteiger partial charge in [-0.25, -0.2) is 0 Å². The first-order valence-corrected chi connectivity index (χ1v) is 11.0. The van der Waals surface area contributed by atoms with Gasteiger partial charge in [0.25, 0.3) is 0 Å². The first-order chi connectivity index (χ1) is 13.9. The van der Waals surface area contributed by atoms with Crippen LogP contribution in [0.2, 0.25) is 0 Å². The maximum absolute atomic E-state index is 12.6. The summed E-state index contributed by atoms with van der Waals surface area (Å²) >= 11 is -1.56. The molecule has 30 heavy (non-hydrogen) atoms. The third-order valence-electron chi connectivity index (χ3n) is 4.34. The third-order valence-corrected chi connectivity index (χ3v) is 5.78. The predicted molar refractivity (Wildman–Crippen MR) is 115 cm³/mol. The van der Waals surface area contributed by atoms with Gasteiger partial charge in [0.05, 0.1) is 33.0 Å². The Balaban J connectivity index is 2.06. The van der Waals surface area contributed by atoms with Crippen LogP contribution in [0.5, 0.6) is 11.5 Å². The number of rotatable bonds is 9. The van der Waals surface area contributed by atoms with Gasteiger partial charge in [-0.3, -0.25) is 0 Å². The number of benzene rings is 1. The highest BCUT2D eigenvalue weighted by atomic mass is 32.2. The van der Waals surface area contributed by atoms with Crippen molar-refractivity contribution in [1.82, 2.24) is 0 Å². The molecule has 1 unspecified atom stereocenters. The number of ether oxygens (including phenoxy) is 4. The molecule has 0 amide bonds. The van der Waals surface area contributed by atoms with Crippen LogP contribution in [0, 0.1) is 0 Å². The smallest absolute Gasteiger partial charge is 0.163 e. The molecule has 2 N–H and O–H groups in total. The number of nitrogens with zero attached hydrogens (tertiary/aromatic N) is 1. The predicted octanol–water partition coefficient (Wildman–Crippen LogP) is 2.57. The quantitative estimate of drug-likeness (QED) is 0.445. The second-order valence-corrected chi connectivity index (χ2v) is 10.5. The molecule has 0 bridgehead atoms. The van der Waals surface area contributed by atoms with Crippen LogP contribution >= 0.6 is 0 Å². The van der Waals surface area contributed by atoms with Gasteiger partial charge in [0.2, 0.25) is 0 Å². The van der Waals surface area contributed by atoms with Gasteiger partial charge < -0.3 is 33.7 Å². The van der Waals surface area contributed by atoms with Crippen LogP contribution in [0.4, 0.5) is 0 Å². The van der Waals surface area contributed by atoms with Crippen molar-refractivity contribution >= 4 is 17.1 Å². The van der Waals surface area contributed by atoms with E-state index >= 15 is 0 Å². The fourth-order valence-corrected chi connectivity index (χ4v) is 3.43. The van der Waals surface area contributed by atoms with Crippen LogP contribution in [-0.4, -0.2) is 70.1 Å². The van der Waals surface area contributed by atoms with Gasteiger partial charge in [-0.05, 0) is 46.8 Å². The molecule has 0 spiro atoms. The Kier molecular flexibility index (Phi) is 8.55. The summed E-state index contributed by atoms with van der Waals surface area (Å²) < 4.78 is 38.2. The Morgan fingerprint density at radius 3 is 2.63 bits per heavy atom. The fourth-order valence-electron chi connectivity index (χ4n) is 2.78. The molecule has 0 aromatic heterocycles. The van der Waals surface area contributed by atoms with E-state index in [1.807, 2.05) is 34.6 Å². The van der Waals surface area contributed by atoms with Crippen molar-refractivity contribution in [2.24, 2.45) is 4.40 Å². The van der Waals surface area contributed by atoms with E-state index in [1.165, 1.54) is 13.2 Å². The Morgan fingerprint density at radius 2 is 2.10 bits per heavy atom. The summed E-state index contributed by atoms with van der Waals surface area (Å²) in [6.45, 7) is 9.85. The molecule has 1 aromatic rings. The van der Waals surface area contributed by atoms with Crippen LogP contribution in [0.15, 0.2) is 22.6 Å². The van der Waals surface area contributed by atoms with Gasteiger partial charge in [0.15, 0.2) is 5.79 Å². The van der Waals surface area contributed by atoms with E-state index in [2.05, 4.69) is 4.40 Å². The van der Waals surface area contributed by atoms with Crippen molar-refractivity contribution in [3.8, 4) is 11.5 Å². The lowest BCUT2D eigenvalue weighted by molar-refractivity contribution is -0.146. The number of methoxy groups -OCH3 is 1. The minimum Gasteiger partial charge on any atom is -0.591 e. The Morgan fingerprint density at radius 1 is 1.40 bits per heavy atom. The van der Waals surface area contributed by atoms with E-state index in [9.17, 15) is 14.8 Å². The number of phenolic OH excluding ortho intramolecular Hbond substituents is 1. The molecule has 1 fully saturated rings. The number of aromatic hydroxyl groups is 1. The molecule has 0 saturated carbocycles. The largest absolute Gasteiger partial charge is 0.591 e. The van der Waals surface area contributed by atoms with E-state index in [0.717, 1.165) is 0 Å². The second-order valence-electron chi connectivity index (χ2n) is 8.63. The number of aliphatic hydroxyl groups is 1. The van der Waals surface area contributed by atoms with E-state index in [-0.39, 0.29) is 31.5 Å². The number of phenols is 1. The summed E-state index contributed by atoms with van der Waals surface area (Å²) in [6.07, 6.45) is -1.04. The SMILES string of the molecule is COc1ccc(C(C[C@H](O)COC[C@H]2COC(C)(C)O2)=N[S+]([O-])C(C)(C)C)c(O)c1. The van der Waals surface area contributed by atoms with Gasteiger partial charge in [0, 0.05) is 18.1 Å². The molecule has 170 valence electrons. The molecule has 0 aliphatic carbocycles. The molecular weight excluding hydrogens is 410 g/mol. The topological polar surface area (TPSA) is 113 Å². The lowest BCUT2D eigenvalue weighted by atomic mass is 10.0. The second kappa shape index (κ2) is 10.3. The fraction of sp³-hybridized carbons (Fsp3) is 0.667. The molecular formula is C21H33NO7S. The minimum absolute atomic E-state index is 0.0401. The van der Waals surface area contributed by atoms with Gasteiger partial charge in [-0.2, -0.15) is 0 Å². The Bertz CT molecular complexity index is 733. The lowest BCUT2D eigenvalue weighted by Crippen LogP contribution is -2.29. The van der Waals surface area contributed by atoms with Crippen LogP contribution in [0.25, 0.3) is 0 Å². The standard InChI is InChI=1S/C21H33NO7S/c1-20(2,3)30(25)22-18(17-8-7-15(26-6)10-19(17)24)9-14(23)11-27-12-16-13-28-21(4,5)29-16/h7-8,10,14,16,23-24H,9,11-13H2,1-6H3/t14-,16-,30?/m0/s1. The maximum atomic E-state index is 12.6. The Hall–Kier alpha value is -1.36. The van der Waals surface area contributed by atoms with Crippen molar-refractivity contribution in [3.05, 3.63) is 23.8 Å². The van der Waals surface area contributed by atoms with Gasteiger partial charge in [0.1, 0.15) is 39.4 Å². The zero-order chi connectivity index (χ0) is 22.5. The highest BCUT2D eigenvalue weighted by molar-refractivity contribution is 7.91. The summed E-state index contributed by atoms with van der Waals surface area (Å²) in [5.74, 6) is -0.209. The van der Waals surface area contributed by atoms with Gasteiger partial charge in [-0.15, -0.1) is 0 Å². The molecule has 9 heteroatoms. The molecule has 1 aliphatic rings. The molecule has 1 aliphatic heterocycles. The number of hydrogen-bond acceptors (Lipinski definition) is 8. The number of aliphatic hydroxyl groups excluding tert-OH is 1.